The molecule has 0 aliphatic heterocycles. The number of ether oxygens (including phenoxy) is 1. The van der Waals surface area contributed by atoms with Crippen LogP contribution in [0.2, 0.25) is 0 Å². The second kappa shape index (κ2) is 6.11. The van der Waals surface area contributed by atoms with E-state index in [-0.39, 0.29) is 17.9 Å². The molecule has 0 aliphatic rings. The fraction of sp³-hybridized carbons (Fsp3) is 0.0952. The van der Waals surface area contributed by atoms with Crippen LogP contribution in [0, 0.1) is 0 Å². The maximum atomic E-state index is 11.8. The molecule has 4 aromatic rings. The number of carbonyl (C=O) groups is 1. The summed E-state index contributed by atoms with van der Waals surface area (Å²) in [7, 11) is 1.30. The summed E-state index contributed by atoms with van der Waals surface area (Å²) in [5.41, 5.74) is 2.90. The lowest BCUT2D eigenvalue weighted by molar-refractivity contribution is -0.139. The van der Waals surface area contributed by atoms with E-state index in [0.29, 0.717) is 22.3 Å². The maximum absolute atomic E-state index is 11.8. The Balaban J connectivity index is 2.02. The average molecular weight is 348 g/mol. The molecule has 0 bridgehead atoms. The third kappa shape index (κ3) is 2.54. The fourth-order valence-corrected chi connectivity index (χ4v) is 3.29. The van der Waals surface area contributed by atoms with E-state index in [4.69, 9.17) is 9.15 Å². The van der Waals surface area contributed by atoms with Gasteiger partial charge in [0.2, 0.25) is 0 Å². The lowest BCUT2D eigenvalue weighted by Gasteiger charge is -2.12. The van der Waals surface area contributed by atoms with Gasteiger partial charge in [-0.25, -0.2) is 0 Å². The first kappa shape index (κ1) is 16.0. The molecule has 0 radical (unpaired) electrons. The molecule has 0 unspecified atom stereocenters. The smallest absolute Gasteiger partial charge is 0.310 e. The van der Waals surface area contributed by atoms with Crippen LogP contribution in [0.4, 0.5) is 0 Å². The Kier molecular flexibility index (Phi) is 3.77. The summed E-state index contributed by atoms with van der Waals surface area (Å²) < 4.78 is 10.8. The summed E-state index contributed by atoms with van der Waals surface area (Å²) in [4.78, 5) is 11.8. The molecule has 26 heavy (non-hydrogen) atoms. The van der Waals surface area contributed by atoms with Gasteiger partial charge in [0.15, 0.2) is 0 Å². The molecule has 4 rings (SSSR count). The van der Waals surface area contributed by atoms with Crippen molar-refractivity contribution in [2.24, 2.45) is 0 Å². The second-order valence-corrected chi connectivity index (χ2v) is 6.03. The normalized spacial score (nSPS) is 11.1. The first-order chi connectivity index (χ1) is 12.6. The number of methoxy groups -OCH3 is 1. The number of phenolic OH excluding ortho intramolecular Hbond substituents is 2. The van der Waals surface area contributed by atoms with Crippen molar-refractivity contribution in [2.75, 3.05) is 7.11 Å². The van der Waals surface area contributed by atoms with Crippen LogP contribution < -0.4 is 0 Å². The fourth-order valence-electron chi connectivity index (χ4n) is 3.29. The van der Waals surface area contributed by atoms with E-state index in [2.05, 4.69) is 0 Å². The Morgan fingerprint density at radius 3 is 2.62 bits per heavy atom. The summed E-state index contributed by atoms with van der Waals surface area (Å²) in [5.74, 6) is -0.716. The zero-order chi connectivity index (χ0) is 18.3. The Bertz CT molecular complexity index is 1140. The van der Waals surface area contributed by atoms with Crippen LogP contribution >= 0.6 is 0 Å². The van der Waals surface area contributed by atoms with Gasteiger partial charge in [-0.15, -0.1) is 0 Å². The molecule has 0 atom stereocenters. The highest BCUT2D eigenvalue weighted by atomic mass is 16.5. The second-order valence-electron chi connectivity index (χ2n) is 6.03. The number of hydrogen-bond acceptors (Lipinski definition) is 5. The van der Waals surface area contributed by atoms with E-state index in [0.717, 1.165) is 16.4 Å². The van der Waals surface area contributed by atoms with E-state index in [9.17, 15) is 15.0 Å². The zero-order valence-corrected chi connectivity index (χ0v) is 14.0. The monoisotopic (exact) mass is 348 g/mol. The Labute approximate surface area is 149 Å². The number of benzene rings is 3. The number of para-hydroxylation sites is 2. The van der Waals surface area contributed by atoms with Crippen LogP contribution in [0.15, 0.2) is 59.0 Å². The van der Waals surface area contributed by atoms with E-state index in [1.807, 2.05) is 42.5 Å². The number of aromatic hydroxyl groups is 2. The van der Waals surface area contributed by atoms with Gasteiger partial charge in [-0.3, -0.25) is 4.79 Å². The Hall–Kier alpha value is -3.47. The number of phenols is 2. The average Bonchev–Trinajstić information content (AvgIpc) is 3.00. The van der Waals surface area contributed by atoms with E-state index < -0.39 is 5.97 Å². The van der Waals surface area contributed by atoms with Gasteiger partial charge in [0.05, 0.1) is 13.5 Å². The molecule has 0 saturated carbocycles. The minimum absolute atomic E-state index is 0.0790. The quantitative estimate of drug-likeness (QED) is 0.537. The molecule has 130 valence electrons. The number of esters is 1. The SMILES string of the molecule is COC(=O)Cc1cc(O)cc(O)c1-c1cccc2c1oc1ccccc12. The van der Waals surface area contributed by atoms with Gasteiger partial charge in [-0.1, -0.05) is 36.4 Å². The van der Waals surface area contributed by atoms with Crippen LogP contribution in [0.5, 0.6) is 11.5 Å². The first-order valence-corrected chi connectivity index (χ1v) is 8.11. The van der Waals surface area contributed by atoms with Gasteiger partial charge in [-0.05, 0) is 17.7 Å². The molecule has 0 fully saturated rings. The maximum Gasteiger partial charge on any atom is 0.310 e. The lowest BCUT2D eigenvalue weighted by atomic mass is 9.94. The van der Waals surface area contributed by atoms with E-state index in [1.54, 1.807) is 0 Å². The van der Waals surface area contributed by atoms with Crippen LogP contribution in [-0.4, -0.2) is 23.3 Å². The van der Waals surface area contributed by atoms with Crippen molar-refractivity contribution >= 4 is 27.9 Å². The van der Waals surface area contributed by atoms with Crippen molar-refractivity contribution < 1.29 is 24.2 Å². The molecule has 3 aromatic carbocycles. The van der Waals surface area contributed by atoms with E-state index in [1.165, 1.54) is 19.2 Å². The minimum Gasteiger partial charge on any atom is -0.508 e. The molecule has 0 spiro atoms. The van der Waals surface area contributed by atoms with Gasteiger partial charge < -0.3 is 19.4 Å². The predicted molar refractivity (Wildman–Crippen MR) is 98.2 cm³/mol. The number of fused-ring (bicyclic) bond motifs is 3. The molecule has 5 heteroatoms. The van der Waals surface area contributed by atoms with Crippen molar-refractivity contribution in [1.29, 1.82) is 0 Å². The van der Waals surface area contributed by atoms with Crippen LogP contribution in [-0.2, 0) is 16.0 Å². The lowest BCUT2D eigenvalue weighted by Crippen LogP contribution is -2.05. The largest absolute Gasteiger partial charge is 0.508 e. The molecule has 0 amide bonds. The van der Waals surface area contributed by atoms with Crippen molar-refractivity contribution in [3.05, 3.63) is 60.2 Å². The van der Waals surface area contributed by atoms with E-state index >= 15 is 0 Å². The summed E-state index contributed by atoms with van der Waals surface area (Å²) in [6.45, 7) is 0. The molecule has 0 saturated heterocycles. The van der Waals surface area contributed by atoms with Gasteiger partial charge in [0, 0.05) is 28.0 Å². The van der Waals surface area contributed by atoms with Crippen LogP contribution in [0.3, 0.4) is 0 Å². The Morgan fingerprint density at radius 1 is 1.04 bits per heavy atom. The minimum atomic E-state index is -0.465. The standard InChI is InChI=1S/C21H16O5/c1-25-19(24)10-12-9-13(22)11-17(23)20(12)16-7-4-6-15-14-5-2-3-8-18(14)26-21(15)16/h2-9,11,22-23H,10H2,1H3. The molecule has 5 nitrogen and oxygen atoms in total. The van der Waals surface area contributed by atoms with Crippen LogP contribution in [0.25, 0.3) is 33.1 Å². The molecule has 0 aliphatic carbocycles. The molecule has 1 aromatic heterocycles. The topological polar surface area (TPSA) is 79.9 Å². The van der Waals surface area contributed by atoms with Gasteiger partial charge >= 0.3 is 5.97 Å². The summed E-state index contributed by atoms with van der Waals surface area (Å²) in [6, 6.07) is 16.0. The molecule has 2 N–H and O–H groups in total. The highest BCUT2D eigenvalue weighted by Gasteiger charge is 2.20. The number of rotatable bonds is 3. The summed E-state index contributed by atoms with van der Waals surface area (Å²) in [5, 5.41) is 22.2. The summed E-state index contributed by atoms with van der Waals surface area (Å²) in [6.07, 6.45) is -0.0790. The molecular weight excluding hydrogens is 332 g/mol. The first-order valence-electron chi connectivity index (χ1n) is 8.11. The molecule has 1 heterocycles. The number of furan rings is 1. The van der Waals surface area contributed by atoms with Gasteiger partial charge in [0.25, 0.3) is 0 Å². The van der Waals surface area contributed by atoms with Crippen LogP contribution in [0.1, 0.15) is 5.56 Å². The number of carbonyl (C=O) groups excluding carboxylic acids is 1. The van der Waals surface area contributed by atoms with Gasteiger partial charge in [0.1, 0.15) is 22.7 Å². The van der Waals surface area contributed by atoms with Crippen molar-refractivity contribution in [1.82, 2.24) is 0 Å². The number of hydrogen-bond donors (Lipinski definition) is 2. The predicted octanol–water partition coefficient (Wildman–Crippen LogP) is 4.38. The zero-order valence-electron chi connectivity index (χ0n) is 14.0. The van der Waals surface area contributed by atoms with Gasteiger partial charge in [-0.2, -0.15) is 0 Å². The summed E-state index contributed by atoms with van der Waals surface area (Å²) >= 11 is 0. The van der Waals surface area contributed by atoms with Crippen molar-refractivity contribution in [3.63, 3.8) is 0 Å². The van der Waals surface area contributed by atoms with Crippen molar-refractivity contribution in [3.8, 4) is 22.6 Å². The third-order valence-electron chi connectivity index (χ3n) is 4.42. The van der Waals surface area contributed by atoms with Crippen molar-refractivity contribution in [2.45, 2.75) is 6.42 Å². The Morgan fingerprint density at radius 2 is 1.81 bits per heavy atom. The highest BCUT2D eigenvalue weighted by molar-refractivity contribution is 6.10. The highest BCUT2D eigenvalue weighted by Crippen LogP contribution is 2.42. The third-order valence-corrected chi connectivity index (χ3v) is 4.42. The molecular formula is C21H16O5.